The molecule has 0 saturated heterocycles. The summed E-state index contributed by atoms with van der Waals surface area (Å²) >= 11 is 0. The fraction of sp³-hybridized carbons (Fsp3) is 0.776. The van der Waals surface area contributed by atoms with Crippen molar-refractivity contribution >= 4 is 17.9 Å². The van der Waals surface area contributed by atoms with Crippen LogP contribution in [0.25, 0.3) is 0 Å². The lowest BCUT2D eigenvalue weighted by atomic mass is 10.0. The van der Waals surface area contributed by atoms with Crippen LogP contribution < -0.4 is 0 Å². The van der Waals surface area contributed by atoms with Crippen LogP contribution >= 0.6 is 0 Å². The molecule has 0 heterocycles. The highest BCUT2D eigenvalue weighted by Gasteiger charge is 2.19. The Hall–Kier alpha value is -3.15. The Balaban J connectivity index is 4.26. The number of ether oxygens (including phenoxy) is 3. The molecule has 0 fully saturated rings. The van der Waals surface area contributed by atoms with E-state index in [9.17, 15) is 14.4 Å². The summed E-state index contributed by atoms with van der Waals surface area (Å²) in [7, 11) is 0. The van der Waals surface area contributed by atoms with Crippen molar-refractivity contribution in [3.8, 4) is 0 Å². The maximum absolute atomic E-state index is 12.9. The topological polar surface area (TPSA) is 78.9 Å². The number of hydrogen-bond donors (Lipinski definition) is 0. The quantitative estimate of drug-likeness (QED) is 0.0261. The van der Waals surface area contributed by atoms with Crippen LogP contribution in [0.3, 0.4) is 0 Å². The zero-order chi connectivity index (χ0) is 52.9. The van der Waals surface area contributed by atoms with Crippen molar-refractivity contribution in [2.45, 2.75) is 322 Å². The largest absolute Gasteiger partial charge is 0.462 e. The number of hydrogen-bond acceptors (Lipinski definition) is 6. The summed E-state index contributed by atoms with van der Waals surface area (Å²) in [5.74, 6) is -0.874. The van der Waals surface area contributed by atoms with Crippen molar-refractivity contribution in [3.63, 3.8) is 0 Å². The van der Waals surface area contributed by atoms with Gasteiger partial charge in [-0.25, -0.2) is 0 Å². The fourth-order valence-corrected chi connectivity index (χ4v) is 9.00. The molecule has 0 rings (SSSR count). The molecule has 0 saturated carbocycles. The van der Waals surface area contributed by atoms with Gasteiger partial charge in [0.05, 0.1) is 0 Å². The number of carbonyl (C=O) groups is 3. The van der Waals surface area contributed by atoms with E-state index in [1.807, 2.05) is 0 Å². The van der Waals surface area contributed by atoms with Gasteiger partial charge in [0.15, 0.2) is 6.10 Å². The van der Waals surface area contributed by atoms with Gasteiger partial charge >= 0.3 is 17.9 Å². The summed E-state index contributed by atoms with van der Waals surface area (Å²) in [5, 5.41) is 0. The molecule has 0 radical (unpaired) electrons. The van der Waals surface area contributed by atoms with Crippen molar-refractivity contribution in [1.29, 1.82) is 0 Å². The van der Waals surface area contributed by atoms with Crippen molar-refractivity contribution in [1.82, 2.24) is 0 Å². The molecule has 6 heteroatoms. The minimum Gasteiger partial charge on any atom is -0.462 e. The lowest BCUT2D eigenvalue weighted by molar-refractivity contribution is -0.167. The number of carbonyl (C=O) groups excluding carboxylic acids is 3. The van der Waals surface area contributed by atoms with Crippen molar-refractivity contribution in [2.75, 3.05) is 13.2 Å². The summed E-state index contributed by atoms with van der Waals surface area (Å²) in [4.78, 5) is 38.2. The molecule has 6 nitrogen and oxygen atoms in total. The van der Waals surface area contributed by atoms with Gasteiger partial charge in [-0.15, -0.1) is 0 Å². The van der Waals surface area contributed by atoms with Crippen LogP contribution in [0.15, 0.2) is 72.9 Å². The molecule has 0 aromatic rings. The second kappa shape index (κ2) is 61.4. The number of rotatable bonds is 57. The molecule has 0 N–H and O–H groups in total. The maximum Gasteiger partial charge on any atom is 0.306 e. The van der Waals surface area contributed by atoms with Gasteiger partial charge in [-0.1, -0.05) is 280 Å². The van der Waals surface area contributed by atoms with Gasteiger partial charge in [-0.2, -0.15) is 0 Å². The third-order valence-electron chi connectivity index (χ3n) is 13.7. The van der Waals surface area contributed by atoms with Crippen LogP contribution in [0.1, 0.15) is 316 Å². The van der Waals surface area contributed by atoms with E-state index in [1.165, 1.54) is 180 Å². The van der Waals surface area contributed by atoms with E-state index in [0.29, 0.717) is 19.3 Å². The van der Waals surface area contributed by atoms with Crippen molar-refractivity contribution < 1.29 is 28.6 Å². The Morgan fingerprint density at radius 1 is 0.288 bits per heavy atom. The van der Waals surface area contributed by atoms with Crippen LogP contribution in [0.5, 0.6) is 0 Å². The number of unbranched alkanes of at least 4 members (excludes halogenated alkanes) is 34. The second-order valence-electron chi connectivity index (χ2n) is 20.9. The van der Waals surface area contributed by atoms with Crippen LogP contribution in [-0.2, 0) is 28.6 Å². The molecule has 1 atom stereocenters. The maximum atomic E-state index is 12.9. The molecule has 0 aromatic heterocycles. The smallest absolute Gasteiger partial charge is 0.306 e. The third kappa shape index (κ3) is 59.6. The molecule has 73 heavy (non-hydrogen) atoms. The Morgan fingerprint density at radius 3 is 0.849 bits per heavy atom. The molecule has 0 aliphatic carbocycles. The van der Waals surface area contributed by atoms with Gasteiger partial charge in [-0.05, 0) is 89.9 Å². The van der Waals surface area contributed by atoms with E-state index >= 15 is 0 Å². The molecule has 0 spiro atoms. The summed E-state index contributed by atoms with van der Waals surface area (Å²) in [5.41, 5.74) is 0. The number of esters is 3. The Kier molecular flexibility index (Phi) is 58.7. The molecular formula is C67H118O6. The van der Waals surface area contributed by atoms with E-state index in [-0.39, 0.29) is 31.1 Å². The monoisotopic (exact) mass is 1020 g/mol. The number of allylic oxidation sites excluding steroid dienone is 12. The molecule has 0 aromatic carbocycles. The highest BCUT2D eigenvalue weighted by Crippen LogP contribution is 2.16. The van der Waals surface area contributed by atoms with Crippen LogP contribution in [-0.4, -0.2) is 37.2 Å². The zero-order valence-electron chi connectivity index (χ0n) is 48.4. The molecule has 0 aliphatic heterocycles. The fourth-order valence-electron chi connectivity index (χ4n) is 9.00. The van der Waals surface area contributed by atoms with Gasteiger partial charge in [-0.3, -0.25) is 14.4 Å². The first-order valence-electron chi connectivity index (χ1n) is 31.4. The Bertz CT molecular complexity index is 1360. The van der Waals surface area contributed by atoms with E-state index in [2.05, 4.69) is 93.7 Å². The van der Waals surface area contributed by atoms with Crippen molar-refractivity contribution in [3.05, 3.63) is 72.9 Å². The molecule has 0 bridgehead atoms. The van der Waals surface area contributed by atoms with Gasteiger partial charge < -0.3 is 14.2 Å². The Labute approximate surface area is 453 Å². The van der Waals surface area contributed by atoms with Gasteiger partial charge in [0.1, 0.15) is 13.2 Å². The minimum atomic E-state index is -0.779. The van der Waals surface area contributed by atoms with Gasteiger partial charge in [0, 0.05) is 19.3 Å². The molecule has 0 aliphatic rings. The standard InChI is InChI=1S/C67H118O6/c1-4-7-10-13-16-19-22-25-27-29-30-31-32-33-34-35-36-37-38-39-41-42-45-48-51-54-57-60-66(69)72-63-64(62-71-65(68)59-56-53-50-47-44-24-21-18-15-12-9-6-3)73-67(70)61-58-55-52-49-46-43-40-28-26-23-20-17-14-11-8-5-2/h7,10,16,19,25,27-28,30-31,33-34,40,64H,4-6,8-9,11-15,17-18,20-24,26,29,32,35-39,41-63H2,1-3H3/b10-7-,19-16-,27-25-,31-30-,34-33-,40-28-. The summed E-state index contributed by atoms with van der Waals surface area (Å²) in [6, 6.07) is 0. The van der Waals surface area contributed by atoms with Gasteiger partial charge in [0.2, 0.25) is 0 Å². The Morgan fingerprint density at radius 2 is 0.534 bits per heavy atom. The van der Waals surface area contributed by atoms with Gasteiger partial charge in [0.25, 0.3) is 0 Å². The highest BCUT2D eigenvalue weighted by atomic mass is 16.6. The normalized spacial score (nSPS) is 12.5. The first-order valence-corrected chi connectivity index (χ1v) is 31.4. The first-order chi connectivity index (χ1) is 36.0. The van der Waals surface area contributed by atoms with Crippen molar-refractivity contribution in [2.24, 2.45) is 0 Å². The van der Waals surface area contributed by atoms with E-state index in [0.717, 1.165) is 96.3 Å². The first kappa shape index (κ1) is 69.8. The lowest BCUT2D eigenvalue weighted by Crippen LogP contribution is -2.30. The minimum absolute atomic E-state index is 0.0757. The van der Waals surface area contributed by atoms with Crippen LogP contribution in [0.2, 0.25) is 0 Å². The predicted molar refractivity (Wildman–Crippen MR) is 316 cm³/mol. The average Bonchev–Trinajstić information content (AvgIpc) is 3.39. The molecule has 0 amide bonds. The molecular weight excluding hydrogens is 901 g/mol. The lowest BCUT2D eigenvalue weighted by Gasteiger charge is -2.18. The highest BCUT2D eigenvalue weighted by molar-refractivity contribution is 5.71. The van der Waals surface area contributed by atoms with E-state index in [4.69, 9.17) is 14.2 Å². The van der Waals surface area contributed by atoms with E-state index < -0.39 is 6.10 Å². The zero-order valence-corrected chi connectivity index (χ0v) is 48.4. The molecule has 1 unspecified atom stereocenters. The van der Waals surface area contributed by atoms with Crippen LogP contribution in [0, 0.1) is 0 Å². The SMILES string of the molecule is CC/C=C\C/C=C\C/C=C\C/C=C\C/C=C\CCCCCCCCCCCCCC(=O)OCC(COC(=O)CCCCCCCCCCCCCC)OC(=O)CCCCCCC/C=C\CCCCCCCCC. The summed E-state index contributed by atoms with van der Waals surface area (Å²) in [6.45, 7) is 6.54. The average molecular weight is 1020 g/mol. The molecule has 422 valence electrons. The predicted octanol–water partition coefficient (Wildman–Crippen LogP) is 21.3. The summed E-state index contributed by atoms with van der Waals surface area (Å²) < 4.78 is 16.9. The second-order valence-corrected chi connectivity index (χ2v) is 20.9. The third-order valence-corrected chi connectivity index (χ3v) is 13.7. The summed E-state index contributed by atoms with van der Waals surface area (Å²) in [6.07, 6.45) is 79.0. The van der Waals surface area contributed by atoms with Crippen LogP contribution in [0.4, 0.5) is 0 Å². The van der Waals surface area contributed by atoms with E-state index in [1.54, 1.807) is 0 Å².